The molecular formula is C22H19N3O4. The average Bonchev–Trinajstić information content (AvgIpc) is 3.18. The molecule has 0 spiro atoms. The van der Waals surface area contributed by atoms with Crippen molar-refractivity contribution in [2.24, 2.45) is 0 Å². The molecule has 4 rings (SSSR count). The lowest BCUT2D eigenvalue weighted by molar-refractivity contribution is 0.101. The summed E-state index contributed by atoms with van der Waals surface area (Å²) in [5, 5.41) is 5.58. The number of nitrogens with one attached hydrogen (secondary N) is 2. The van der Waals surface area contributed by atoms with E-state index in [0.29, 0.717) is 22.9 Å². The number of hydrogen-bond acceptors (Lipinski definition) is 5. The van der Waals surface area contributed by atoms with Crippen molar-refractivity contribution in [3.05, 3.63) is 77.1 Å². The van der Waals surface area contributed by atoms with Crippen LogP contribution < -0.4 is 20.1 Å². The Morgan fingerprint density at radius 2 is 1.59 bits per heavy atom. The molecule has 29 heavy (non-hydrogen) atoms. The topological polar surface area (TPSA) is 89.6 Å². The summed E-state index contributed by atoms with van der Waals surface area (Å²) in [6.07, 6.45) is 0. The van der Waals surface area contributed by atoms with E-state index in [0.717, 1.165) is 11.1 Å². The van der Waals surface area contributed by atoms with Crippen molar-refractivity contribution in [1.82, 2.24) is 4.98 Å². The van der Waals surface area contributed by atoms with E-state index in [1.165, 1.54) is 0 Å². The number of ether oxygens (including phenoxy) is 2. The number of fused-ring (bicyclic) bond motifs is 1. The molecule has 0 saturated heterocycles. The predicted molar refractivity (Wildman–Crippen MR) is 109 cm³/mol. The van der Waals surface area contributed by atoms with E-state index in [4.69, 9.17) is 9.47 Å². The third-order valence-corrected chi connectivity index (χ3v) is 4.47. The zero-order valence-corrected chi connectivity index (χ0v) is 16.0. The fraction of sp³-hybridized carbons (Fsp3) is 0.136. The van der Waals surface area contributed by atoms with Crippen molar-refractivity contribution in [3.63, 3.8) is 0 Å². The molecular weight excluding hydrogens is 370 g/mol. The molecule has 0 radical (unpaired) electrons. The second-order valence-corrected chi connectivity index (χ2v) is 6.70. The number of aryl methyl sites for hydroxylation is 2. The molecule has 0 bridgehead atoms. The molecule has 0 fully saturated rings. The summed E-state index contributed by atoms with van der Waals surface area (Å²) in [5.41, 5.74) is 3.61. The first-order chi connectivity index (χ1) is 14.0. The molecule has 1 aliphatic heterocycles. The number of pyridine rings is 1. The first-order valence-electron chi connectivity index (χ1n) is 9.06. The van der Waals surface area contributed by atoms with E-state index in [1.54, 1.807) is 36.4 Å². The standard InChI is InChI=1S/C22H19N3O4/c1-13-6-8-16(14(2)10-13)25-22(27)18-5-3-4-17(24-18)21(26)23-15-7-9-19-20(11-15)29-12-28-19/h3-11H,12H2,1-2H3,(H,23,26)(H,25,27). The van der Waals surface area contributed by atoms with Crippen LogP contribution >= 0.6 is 0 Å². The van der Waals surface area contributed by atoms with Crippen LogP contribution in [0.2, 0.25) is 0 Å². The summed E-state index contributed by atoms with van der Waals surface area (Å²) in [6.45, 7) is 4.07. The summed E-state index contributed by atoms with van der Waals surface area (Å²) in [6, 6.07) is 15.6. The largest absolute Gasteiger partial charge is 0.454 e. The maximum atomic E-state index is 12.6. The highest BCUT2D eigenvalue weighted by atomic mass is 16.7. The molecule has 3 aromatic rings. The molecule has 2 N–H and O–H groups in total. The number of amides is 2. The minimum absolute atomic E-state index is 0.135. The van der Waals surface area contributed by atoms with Crippen molar-refractivity contribution in [1.29, 1.82) is 0 Å². The molecule has 146 valence electrons. The fourth-order valence-electron chi connectivity index (χ4n) is 3.00. The van der Waals surface area contributed by atoms with Crippen LogP contribution in [0.1, 0.15) is 32.1 Å². The summed E-state index contributed by atoms with van der Waals surface area (Å²) in [4.78, 5) is 29.3. The number of rotatable bonds is 4. The van der Waals surface area contributed by atoms with Gasteiger partial charge >= 0.3 is 0 Å². The first-order valence-corrected chi connectivity index (χ1v) is 9.06. The molecule has 1 aliphatic rings. The van der Waals surface area contributed by atoms with Gasteiger partial charge in [0.05, 0.1) is 0 Å². The lowest BCUT2D eigenvalue weighted by atomic mass is 10.1. The number of aromatic nitrogens is 1. The Bertz CT molecular complexity index is 1110. The Morgan fingerprint density at radius 1 is 0.862 bits per heavy atom. The molecule has 0 aliphatic carbocycles. The van der Waals surface area contributed by atoms with Crippen LogP contribution in [0.3, 0.4) is 0 Å². The molecule has 1 aromatic heterocycles. The highest BCUT2D eigenvalue weighted by Gasteiger charge is 2.16. The van der Waals surface area contributed by atoms with Crippen molar-refractivity contribution >= 4 is 23.2 Å². The van der Waals surface area contributed by atoms with Crippen LogP contribution in [0.5, 0.6) is 11.5 Å². The highest BCUT2D eigenvalue weighted by Crippen LogP contribution is 2.34. The van der Waals surface area contributed by atoms with Gasteiger partial charge in [-0.3, -0.25) is 9.59 Å². The SMILES string of the molecule is Cc1ccc(NC(=O)c2cccc(C(=O)Nc3ccc4c(c3)OCO4)n2)c(C)c1. The monoisotopic (exact) mass is 389 g/mol. The molecule has 7 nitrogen and oxygen atoms in total. The second-order valence-electron chi connectivity index (χ2n) is 6.70. The number of benzene rings is 2. The van der Waals surface area contributed by atoms with Gasteiger partial charge in [0, 0.05) is 17.4 Å². The normalized spacial score (nSPS) is 11.8. The van der Waals surface area contributed by atoms with Crippen LogP contribution in [-0.2, 0) is 0 Å². The zero-order chi connectivity index (χ0) is 20.4. The van der Waals surface area contributed by atoms with Gasteiger partial charge in [-0.2, -0.15) is 0 Å². The maximum Gasteiger partial charge on any atom is 0.274 e. The van der Waals surface area contributed by atoms with Crippen LogP contribution in [0.15, 0.2) is 54.6 Å². The van der Waals surface area contributed by atoms with E-state index in [2.05, 4.69) is 15.6 Å². The molecule has 0 saturated carbocycles. The van der Waals surface area contributed by atoms with E-state index < -0.39 is 5.91 Å². The minimum Gasteiger partial charge on any atom is -0.454 e. The Balaban J connectivity index is 1.49. The Kier molecular flexibility index (Phi) is 4.87. The Labute approximate surface area is 167 Å². The van der Waals surface area contributed by atoms with Gasteiger partial charge in [0.15, 0.2) is 11.5 Å². The van der Waals surface area contributed by atoms with Gasteiger partial charge < -0.3 is 20.1 Å². The molecule has 0 unspecified atom stereocenters. The lowest BCUT2D eigenvalue weighted by Gasteiger charge is -2.10. The van der Waals surface area contributed by atoms with E-state index in [1.807, 2.05) is 32.0 Å². The van der Waals surface area contributed by atoms with Gasteiger partial charge in [0.1, 0.15) is 11.4 Å². The third-order valence-electron chi connectivity index (χ3n) is 4.47. The predicted octanol–water partition coefficient (Wildman–Crippen LogP) is 3.93. The molecule has 2 aromatic carbocycles. The summed E-state index contributed by atoms with van der Waals surface area (Å²) in [7, 11) is 0. The lowest BCUT2D eigenvalue weighted by Crippen LogP contribution is -2.18. The number of carbonyl (C=O) groups excluding carboxylic acids is 2. The molecule has 2 heterocycles. The van der Waals surface area contributed by atoms with Crippen LogP contribution in [0.25, 0.3) is 0 Å². The summed E-state index contributed by atoms with van der Waals surface area (Å²) < 4.78 is 10.6. The van der Waals surface area contributed by atoms with E-state index in [-0.39, 0.29) is 24.1 Å². The van der Waals surface area contributed by atoms with Gasteiger partial charge in [0.25, 0.3) is 11.8 Å². The number of carbonyl (C=O) groups is 2. The fourth-order valence-corrected chi connectivity index (χ4v) is 3.00. The van der Waals surface area contributed by atoms with Gasteiger partial charge in [-0.05, 0) is 49.7 Å². The van der Waals surface area contributed by atoms with Crippen LogP contribution in [0.4, 0.5) is 11.4 Å². The summed E-state index contributed by atoms with van der Waals surface area (Å²) >= 11 is 0. The van der Waals surface area contributed by atoms with Crippen molar-refractivity contribution < 1.29 is 19.1 Å². The van der Waals surface area contributed by atoms with Crippen LogP contribution in [-0.4, -0.2) is 23.6 Å². The second kappa shape index (κ2) is 7.63. The third kappa shape index (κ3) is 4.03. The smallest absolute Gasteiger partial charge is 0.274 e. The number of hydrogen-bond donors (Lipinski definition) is 2. The minimum atomic E-state index is -0.426. The Hall–Kier alpha value is -3.87. The van der Waals surface area contributed by atoms with Gasteiger partial charge in [-0.15, -0.1) is 0 Å². The van der Waals surface area contributed by atoms with Crippen molar-refractivity contribution in [2.45, 2.75) is 13.8 Å². The zero-order valence-electron chi connectivity index (χ0n) is 16.0. The molecule has 7 heteroatoms. The molecule has 0 atom stereocenters. The Morgan fingerprint density at radius 3 is 2.34 bits per heavy atom. The van der Waals surface area contributed by atoms with Gasteiger partial charge in [-0.25, -0.2) is 4.98 Å². The van der Waals surface area contributed by atoms with Crippen LogP contribution in [0, 0.1) is 13.8 Å². The van der Waals surface area contributed by atoms with Gasteiger partial charge in [0.2, 0.25) is 6.79 Å². The quantitative estimate of drug-likeness (QED) is 0.706. The van der Waals surface area contributed by atoms with E-state index >= 15 is 0 Å². The van der Waals surface area contributed by atoms with Crippen molar-refractivity contribution in [2.75, 3.05) is 17.4 Å². The first kappa shape index (κ1) is 18.5. The van der Waals surface area contributed by atoms with E-state index in [9.17, 15) is 9.59 Å². The van der Waals surface area contributed by atoms with Crippen molar-refractivity contribution in [3.8, 4) is 11.5 Å². The number of anilines is 2. The average molecular weight is 389 g/mol. The van der Waals surface area contributed by atoms with Gasteiger partial charge in [-0.1, -0.05) is 23.8 Å². The maximum absolute atomic E-state index is 12.6. The molecule has 2 amide bonds. The highest BCUT2D eigenvalue weighted by molar-refractivity contribution is 6.06. The summed E-state index contributed by atoms with van der Waals surface area (Å²) in [5.74, 6) is 0.392. The number of nitrogens with zero attached hydrogens (tertiary/aromatic N) is 1.